The number of ether oxygens (including phenoxy) is 2. The van der Waals surface area contributed by atoms with E-state index in [9.17, 15) is 9.59 Å². The molecule has 2 aromatic rings. The zero-order valence-corrected chi connectivity index (χ0v) is 16.9. The smallest absolute Gasteiger partial charge is 0.340 e. The summed E-state index contributed by atoms with van der Waals surface area (Å²) in [5, 5.41) is 6.49. The molecule has 150 valence electrons. The van der Waals surface area contributed by atoms with E-state index in [1.807, 2.05) is 0 Å². The van der Waals surface area contributed by atoms with Gasteiger partial charge in [-0.25, -0.2) is 15.2 Å². The number of morpholine rings is 1. The summed E-state index contributed by atoms with van der Waals surface area (Å²) in [6.45, 7) is 8.51. The number of aromatic nitrogens is 2. The fourth-order valence-electron chi connectivity index (χ4n) is 2.89. The fourth-order valence-corrected chi connectivity index (χ4v) is 3.75. The minimum Gasteiger partial charge on any atom is -0.462 e. The molecule has 0 aliphatic carbocycles. The number of esters is 1. The van der Waals surface area contributed by atoms with Crippen LogP contribution < -0.4 is 10.3 Å². The van der Waals surface area contributed by atoms with Crippen molar-refractivity contribution in [2.24, 2.45) is 5.10 Å². The van der Waals surface area contributed by atoms with E-state index in [1.54, 1.807) is 26.2 Å². The van der Waals surface area contributed by atoms with Crippen molar-refractivity contribution in [2.45, 2.75) is 20.8 Å². The van der Waals surface area contributed by atoms with E-state index in [2.05, 4.69) is 25.4 Å². The van der Waals surface area contributed by atoms with Gasteiger partial charge in [0.2, 0.25) is 0 Å². The third-order valence-corrected chi connectivity index (χ3v) is 5.22. The normalized spacial score (nSPS) is 14.5. The van der Waals surface area contributed by atoms with Gasteiger partial charge in [0.05, 0.1) is 37.3 Å². The molecule has 1 fully saturated rings. The summed E-state index contributed by atoms with van der Waals surface area (Å²) in [5.74, 6) is -0.769. The first kappa shape index (κ1) is 20.0. The molecule has 0 unspecified atom stereocenters. The number of nitrogens with zero attached hydrogens (tertiary/aromatic N) is 3. The van der Waals surface area contributed by atoms with Gasteiger partial charge in [-0.3, -0.25) is 4.79 Å². The molecule has 1 aliphatic heterocycles. The number of aryl methyl sites for hydroxylation is 1. The highest BCUT2D eigenvalue weighted by Crippen LogP contribution is 2.21. The summed E-state index contributed by atoms with van der Waals surface area (Å²) in [6.07, 6.45) is 1.47. The van der Waals surface area contributed by atoms with E-state index in [0.29, 0.717) is 42.5 Å². The first-order valence-corrected chi connectivity index (χ1v) is 9.87. The topological polar surface area (TPSA) is 109 Å². The van der Waals surface area contributed by atoms with Crippen molar-refractivity contribution in [3.63, 3.8) is 0 Å². The van der Waals surface area contributed by atoms with Gasteiger partial charge in [0.25, 0.3) is 5.91 Å². The van der Waals surface area contributed by atoms with Crippen LogP contribution in [0.2, 0.25) is 0 Å². The second-order valence-corrected chi connectivity index (χ2v) is 7.03. The molecule has 3 heterocycles. The van der Waals surface area contributed by atoms with Gasteiger partial charge in [-0.1, -0.05) is 0 Å². The number of aromatic amines is 1. The van der Waals surface area contributed by atoms with Crippen molar-refractivity contribution in [2.75, 3.05) is 37.8 Å². The standard InChI is InChI=1S/C18H23N5O4S/c1-4-27-17(25)15-11(2)13(20-12(15)3)9-19-22-16(24)14-10-28-18(21-14)23-5-7-26-8-6-23/h9-10,20H,4-8H2,1-3H3,(H,22,24)/b19-9+. The lowest BCUT2D eigenvalue weighted by Gasteiger charge is -2.25. The first-order chi connectivity index (χ1) is 13.5. The highest BCUT2D eigenvalue weighted by Gasteiger charge is 2.19. The van der Waals surface area contributed by atoms with E-state index >= 15 is 0 Å². The van der Waals surface area contributed by atoms with Gasteiger partial charge in [0.1, 0.15) is 5.69 Å². The highest BCUT2D eigenvalue weighted by molar-refractivity contribution is 7.13. The third kappa shape index (κ3) is 4.39. The Morgan fingerprint density at radius 2 is 2.18 bits per heavy atom. The number of hydrogen-bond donors (Lipinski definition) is 2. The molecular formula is C18H23N5O4S. The minimum absolute atomic E-state index is 0.308. The average Bonchev–Trinajstić information content (AvgIpc) is 3.28. The zero-order chi connectivity index (χ0) is 20.1. The molecule has 3 rings (SSSR count). The van der Waals surface area contributed by atoms with Crippen molar-refractivity contribution in [1.29, 1.82) is 0 Å². The predicted octanol–water partition coefficient (Wildman–Crippen LogP) is 1.87. The van der Waals surface area contributed by atoms with E-state index < -0.39 is 5.91 Å². The maximum Gasteiger partial charge on any atom is 0.340 e. The fraction of sp³-hybridized carbons (Fsp3) is 0.444. The molecule has 0 atom stereocenters. The molecule has 0 bridgehead atoms. The van der Waals surface area contributed by atoms with Crippen molar-refractivity contribution in [3.8, 4) is 0 Å². The molecule has 0 radical (unpaired) electrons. The van der Waals surface area contributed by atoms with E-state index in [-0.39, 0.29) is 5.97 Å². The molecule has 9 nitrogen and oxygen atoms in total. The number of H-pyrrole nitrogens is 1. The van der Waals surface area contributed by atoms with E-state index in [1.165, 1.54) is 17.6 Å². The van der Waals surface area contributed by atoms with Gasteiger partial charge in [0.15, 0.2) is 5.13 Å². The van der Waals surface area contributed by atoms with Gasteiger partial charge < -0.3 is 19.4 Å². The number of rotatable bonds is 6. The van der Waals surface area contributed by atoms with Crippen LogP contribution in [-0.2, 0) is 9.47 Å². The molecular weight excluding hydrogens is 382 g/mol. The summed E-state index contributed by atoms with van der Waals surface area (Å²) in [6, 6.07) is 0. The Bertz CT molecular complexity index is 883. The molecule has 0 aromatic carbocycles. The predicted molar refractivity (Wildman–Crippen MR) is 106 cm³/mol. The van der Waals surface area contributed by atoms with Gasteiger partial charge in [-0.05, 0) is 26.3 Å². The number of hydrogen-bond acceptors (Lipinski definition) is 8. The minimum atomic E-state index is -0.390. The number of thiazole rings is 1. The summed E-state index contributed by atoms with van der Waals surface area (Å²) in [4.78, 5) is 33.8. The van der Waals surface area contributed by atoms with Crippen LogP contribution in [0.5, 0.6) is 0 Å². The van der Waals surface area contributed by atoms with Crippen LogP contribution in [0.15, 0.2) is 10.5 Å². The van der Waals surface area contributed by atoms with Crippen molar-refractivity contribution >= 4 is 34.6 Å². The van der Waals surface area contributed by atoms with Gasteiger partial charge in [0, 0.05) is 24.2 Å². The highest BCUT2D eigenvalue weighted by atomic mass is 32.1. The van der Waals surface area contributed by atoms with Gasteiger partial charge in [-0.2, -0.15) is 5.10 Å². The molecule has 2 N–H and O–H groups in total. The lowest BCUT2D eigenvalue weighted by atomic mass is 10.1. The van der Waals surface area contributed by atoms with Crippen LogP contribution in [0.3, 0.4) is 0 Å². The van der Waals surface area contributed by atoms with Crippen LogP contribution in [-0.4, -0.2) is 61.0 Å². The summed E-state index contributed by atoms with van der Waals surface area (Å²) >= 11 is 1.42. The molecule has 28 heavy (non-hydrogen) atoms. The second-order valence-electron chi connectivity index (χ2n) is 6.20. The maximum atomic E-state index is 12.3. The largest absolute Gasteiger partial charge is 0.462 e. The Labute approximate surface area is 166 Å². The zero-order valence-electron chi connectivity index (χ0n) is 16.1. The number of hydrazone groups is 1. The number of anilines is 1. The van der Waals surface area contributed by atoms with Gasteiger partial charge >= 0.3 is 5.97 Å². The van der Waals surface area contributed by atoms with E-state index in [4.69, 9.17) is 9.47 Å². The molecule has 2 aromatic heterocycles. The Balaban J connectivity index is 1.63. The molecule has 10 heteroatoms. The number of carbonyl (C=O) groups is 2. The number of carbonyl (C=O) groups excluding carboxylic acids is 2. The van der Waals surface area contributed by atoms with Crippen molar-refractivity contribution < 1.29 is 19.1 Å². The first-order valence-electron chi connectivity index (χ1n) is 8.99. The monoisotopic (exact) mass is 405 g/mol. The Kier molecular flexibility index (Phi) is 6.42. The second kappa shape index (κ2) is 8.98. The van der Waals surface area contributed by atoms with Crippen molar-refractivity contribution in [3.05, 3.63) is 33.6 Å². The molecule has 1 amide bonds. The summed E-state index contributed by atoms with van der Waals surface area (Å²) < 4.78 is 10.4. The van der Waals surface area contributed by atoms with Crippen LogP contribution >= 0.6 is 11.3 Å². The SMILES string of the molecule is CCOC(=O)c1c(C)[nH]c(/C=N/NC(=O)c2csc(N3CCOCC3)n2)c1C. The third-order valence-electron chi connectivity index (χ3n) is 4.32. The summed E-state index contributed by atoms with van der Waals surface area (Å²) in [5.41, 5.74) is 5.32. The van der Waals surface area contributed by atoms with Crippen molar-refractivity contribution in [1.82, 2.24) is 15.4 Å². The lowest BCUT2D eigenvalue weighted by Crippen LogP contribution is -2.36. The molecule has 0 saturated carbocycles. The maximum absolute atomic E-state index is 12.3. The lowest BCUT2D eigenvalue weighted by molar-refractivity contribution is 0.0524. The van der Waals surface area contributed by atoms with Crippen LogP contribution in [0.25, 0.3) is 0 Å². The Hall–Kier alpha value is -2.72. The molecule has 0 spiro atoms. The number of nitrogens with one attached hydrogen (secondary N) is 2. The Morgan fingerprint density at radius 3 is 2.89 bits per heavy atom. The van der Waals surface area contributed by atoms with Gasteiger partial charge in [-0.15, -0.1) is 11.3 Å². The van der Waals surface area contributed by atoms with Crippen LogP contribution in [0.1, 0.15) is 44.7 Å². The quantitative estimate of drug-likeness (QED) is 0.431. The number of amides is 1. The summed E-state index contributed by atoms with van der Waals surface area (Å²) in [7, 11) is 0. The average molecular weight is 405 g/mol. The molecule has 1 saturated heterocycles. The van der Waals surface area contributed by atoms with E-state index in [0.717, 1.165) is 23.8 Å². The molecule has 1 aliphatic rings. The van der Waals surface area contributed by atoms with Crippen LogP contribution in [0, 0.1) is 13.8 Å². The Morgan fingerprint density at radius 1 is 1.43 bits per heavy atom. The van der Waals surface area contributed by atoms with Crippen LogP contribution in [0.4, 0.5) is 5.13 Å².